The summed E-state index contributed by atoms with van der Waals surface area (Å²) in [5, 5.41) is 0.714. The molecule has 0 radical (unpaired) electrons. The minimum absolute atomic E-state index is 0.714. The van der Waals surface area contributed by atoms with Crippen molar-refractivity contribution in [1.29, 1.82) is 0 Å². The lowest BCUT2D eigenvalue weighted by Gasteiger charge is -2.26. The van der Waals surface area contributed by atoms with Crippen LogP contribution in [-0.4, -0.2) is 17.4 Å². The van der Waals surface area contributed by atoms with Gasteiger partial charge in [-0.15, -0.1) is 0 Å². The van der Waals surface area contributed by atoms with E-state index in [0.717, 1.165) is 36.6 Å². The monoisotopic (exact) mass is 375 g/mol. The number of hydrogen-bond acceptors (Lipinski definition) is 4. The first-order valence-corrected chi connectivity index (χ1v) is 10.0. The average molecular weight is 376 g/mol. The first-order chi connectivity index (χ1) is 12.2. The zero-order chi connectivity index (χ0) is 17.3. The van der Waals surface area contributed by atoms with Gasteiger partial charge >= 0.3 is 0 Å². The second-order valence-electron chi connectivity index (χ2n) is 6.51. The summed E-state index contributed by atoms with van der Waals surface area (Å²) in [6.07, 6.45) is 4.64. The molecular formula is C20H22ClNO2S. The molecule has 0 bridgehead atoms. The van der Waals surface area contributed by atoms with Gasteiger partial charge in [-0.25, -0.2) is 4.31 Å². The maximum absolute atomic E-state index is 6.30. The van der Waals surface area contributed by atoms with Gasteiger partial charge in [0.2, 0.25) is 0 Å². The summed E-state index contributed by atoms with van der Waals surface area (Å²) in [6, 6.07) is 13.9. The predicted molar refractivity (Wildman–Crippen MR) is 102 cm³/mol. The maximum Gasteiger partial charge on any atom is 0.278 e. The van der Waals surface area contributed by atoms with Crippen LogP contribution < -0.4 is 9.47 Å². The molecule has 0 aromatic heterocycles. The number of nitrogens with zero attached hydrogens (tertiary/aromatic N) is 1. The lowest BCUT2D eigenvalue weighted by atomic mass is 10.0. The molecule has 0 saturated carbocycles. The molecule has 3 nitrogen and oxygen atoms in total. The largest absolute Gasteiger partial charge is 0.444 e. The Labute approximate surface area is 158 Å². The fourth-order valence-electron chi connectivity index (χ4n) is 3.36. The van der Waals surface area contributed by atoms with Crippen LogP contribution in [0, 0.1) is 0 Å². The van der Waals surface area contributed by atoms with Gasteiger partial charge in [-0.1, -0.05) is 24.9 Å². The molecule has 2 heterocycles. The molecule has 2 aliphatic rings. The van der Waals surface area contributed by atoms with E-state index in [-0.39, 0.29) is 0 Å². The highest BCUT2D eigenvalue weighted by molar-refractivity contribution is 7.97. The summed E-state index contributed by atoms with van der Waals surface area (Å²) >= 11 is 7.84. The SMILES string of the molecule is CCC1(c2ccc(Cl)cc2)Oc2ccc(SN3CCCCC3)cc2O1. The lowest BCUT2D eigenvalue weighted by Crippen LogP contribution is -2.34. The molecule has 2 aromatic rings. The van der Waals surface area contributed by atoms with Crippen LogP contribution in [0.5, 0.6) is 11.5 Å². The normalized spacial score (nSPS) is 23.0. The first kappa shape index (κ1) is 17.1. The summed E-state index contributed by atoms with van der Waals surface area (Å²) in [7, 11) is 0. The van der Waals surface area contributed by atoms with E-state index in [1.807, 2.05) is 42.3 Å². The number of fused-ring (bicyclic) bond motifs is 1. The maximum atomic E-state index is 6.30. The highest BCUT2D eigenvalue weighted by atomic mass is 35.5. The molecule has 0 N–H and O–H groups in total. The molecule has 0 spiro atoms. The van der Waals surface area contributed by atoms with Gasteiger partial charge in [0, 0.05) is 35.0 Å². The highest BCUT2D eigenvalue weighted by Crippen LogP contribution is 2.47. The second-order valence-corrected chi connectivity index (χ2v) is 8.11. The van der Waals surface area contributed by atoms with Crippen LogP contribution in [0.4, 0.5) is 0 Å². The molecule has 1 saturated heterocycles. The van der Waals surface area contributed by atoms with Gasteiger partial charge < -0.3 is 9.47 Å². The fourth-order valence-corrected chi connectivity index (χ4v) is 4.51. The Morgan fingerprint density at radius 2 is 1.72 bits per heavy atom. The topological polar surface area (TPSA) is 21.7 Å². The van der Waals surface area contributed by atoms with Crippen LogP contribution in [0.2, 0.25) is 5.02 Å². The standard InChI is InChI=1S/C20H22ClNO2S/c1-2-20(15-6-8-16(21)9-7-15)23-18-11-10-17(14-19(18)24-20)25-22-12-4-3-5-13-22/h6-11,14H,2-5,12-13H2,1H3. The second kappa shape index (κ2) is 7.10. The third kappa shape index (κ3) is 3.48. The fraction of sp³-hybridized carbons (Fsp3) is 0.400. The van der Waals surface area contributed by atoms with Crippen molar-refractivity contribution in [3.63, 3.8) is 0 Å². The van der Waals surface area contributed by atoms with Crippen molar-refractivity contribution >= 4 is 23.5 Å². The Kier molecular flexibility index (Phi) is 4.85. The van der Waals surface area contributed by atoms with E-state index in [1.54, 1.807) is 0 Å². The third-order valence-corrected chi connectivity index (χ3v) is 6.10. The molecule has 1 fully saturated rings. The molecule has 1 unspecified atom stereocenters. The van der Waals surface area contributed by atoms with Gasteiger partial charge in [0.25, 0.3) is 5.79 Å². The van der Waals surface area contributed by atoms with Gasteiger partial charge in [0.1, 0.15) is 0 Å². The van der Waals surface area contributed by atoms with E-state index >= 15 is 0 Å². The van der Waals surface area contributed by atoms with Crippen molar-refractivity contribution < 1.29 is 9.47 Å². The van der Waals surface area contributed by atoms with Gasteiger partial charge in [-0.3, -0.25) is 0 Å². The van der Waals surface area contributed by atoms with Gasteiger partial charge in [-0.05, 0) is 67.3 Å². The minimum Gasteiger partial charge on any atom is -0.444 e. The molecule has 0 amide bonds. The number of rotatable bonds is 4. The quantitative estimate of drug-likeness (QED) is 0.623. The van der Waals surface area contributed by atoms with Crippen LogP contribution in [-0.2, 0) is 5.79 Å². The van der Waals surface area contributed by atoms with E-state index in [1.165, 1.54) is 24.2 Å². The summed E-state index contributed by atoms with van der Waals surface area (Å²) in [5.41, 5.74) is 0.987. The highest BCUT2D eigenvalue weighted by Gasteiger charge is 2.42. The summed E-state index contributed by atoms with van der Waals surface area (Å²) in [4.78, 5) is 1.20. The third-order valence-electron chi connectivity index (χ3n) is 4.76. The molecule has 2 aromatic carbocycles. The van der Waals surface area contributed by atoms with E-state index < -0.39 is 5.79 Å². The Morgan fingerprint density at radius 1 is 1.00 bits per heavy atom. The molecule has 4 rings (SSSR count). The predicted octanol–water partition coefficient (Wildman–Crippen LogP) is 5.87. The number of hydrogen-bond donors (Lipinski definition) is 0. The molecule has 2 aliphatic heterocycles. The Morgan fingerprint density at radius 3 is 2.44 bits per heavy atom. The van der Waals surface area contributed by atoms with Gasteiger partial charge in [0.05, 0.1) is 0 Å². The van der Waals surface area contributed by atoms with Crippen molar-refractivity contribution in [2.24, 2.45) is 0 Å². The zero-order valence-electron chi connectivity index (χ0n) is 14.3. The number of ether oxygens (including phenoxy) is 2. The number of benzene rings is 2. The molecule has 0 aliphatic carbocycles. The summed E-state index contributed by atoms with van der Waals surface area (Å²) in [6.45, 7) is 4.38. The van der Waals surface area contributed by atoms with Crippen LogP contribution in [0.3, 0.4) is 0 Å². The van der Waals surface area contributed by atoms with Crippen LogP contribution >= 0.6 is 23.5 Å². The smallest absolute Gasteiger partial charge is 0.278 e. The number of piperidine rings is 1. The number of halogens is 1. The molecular weight excluding hydrogens is 354 g/mol. The van der Waals surface area contributed by atoms with Crippen LogP contribution in [0.1, 0.15) is 38.2 Å². The summed E-state index contributed by atoms with van der Waals surface area (Å²) in [5.74, 6) is 0.861. The Bertz CT molecular complexity index is 746. The van der Waals surface area contributed by atoms with E-state index in [2.05, 4.69) is 23.4 Å². The zero-order valence-corrected chi connectivity index (χ0v) is 15.9. The Balaban J connectivity index is 1.55. The minimum atomic E-state index is -0.763. The molecule has 5 heteroatoms. The van der Waals surface area contributed by atoms with E-state index in [4.69, 9.17) is 21.1 Å². The van der Waals surface area contributed by atoms with Crippen molar-refractivity contribution in [1.82, 2.24) is 4.31 Å². The summed E-state index contributed by atoms with van der Waals surface area (Å²) < 4.78 is 15.0. The lowest BCUT2D eigenvalue weighted by molar-refractivity contribution is -0.0891. The van der Waals surface area contributed by atoms with Crippen LogP contribution in [0.25, 0.3) is 0 Å². The van der Waals surface area contributed by atoms with E-state index in [0.29, 0.717) is 5.02 Å². The molecule has 1 atom stereocenters. The first-order valence-electron chi connectivity index (χ1n) is 8.89. The molecule has 132 valence electrons. The van der Waals surface area contributed by atoms with Crippen molar-refractivity contribution in [2.75, 3.05) is 13.1 Å². The van der Waals surface area contributed by atoms with E-state index in [9.17, 15) is 0 Å². The van der Waals surface area contributed by atoms with Gasteiger partial charge in [0.15, 0.2) is 11.5 Å². The average Bonchev–Trinajstić information content (AvgIpc) is 3.02. The van der Waals surface area contributed by atoms with Crippen molar-refractivity contribution in [2.45, 2.75) is 43.3 Å². The van der Waals surface area contributed by atoms with Crippen molar-refractivity contribution in [3.05, 3.63) is 53.1 Å². The molecule has 25 heavy (non-hydrogen) atoms. The van der Waals surface area contributed by atoms with Crippen molar-refractivity contribution in [3.8, 4) is 11.5 Å². The van der Waals surface area contributed by atoms with Gasteiger partial charge in [-0.2, -0.15) is 0 Å². The Hall–Kier alpha value is -1.36. The van der Waals surface area contributed by atoms with Crippen LogP contribution in [0.15, 0.2) is 47.4 Å².